The van der Waals surface area contributed by atoms with Gasteiger partial charge in [0.25, 0.3) is 10.2 Å². The summed E-state index contributed by atoms with van der Waals surface area (Å²) in [5.74, 6) is 0.349. The summed E-state index contributed by atoms with van der Waals surface area (Å²) in [7, 11) is -1.74. The summed E-state index contributed by atoms with van der Waals surface area (Å²) in [6, 6.07) is 0.0973. The number of alkyl halides is 1. The molecule has 0 aliphatic heterocycles. The molecule has 0 spiro atoms. The lowest BCUT2D eigenvalue weighted by Crippen LogP contribution is -2.50. The van der Waals surface area contributed by atoms with E-state index in [-0.39, 0.29) is 12.1 Å². The molecule has 18 heavy (non-hydrogen) atoms. The lowest BCUT2D eigenvalue weighted by Gasteiger charge is -2.36. The van der Waals surface area contributed by atoms with Crippen LogP contribution in [-0.2, 0) is 10.2 Å². The highest BCUT2D eigenvalue weighted by Crippen LogP contribution is 2.26. The van der Waals surface area contributed by atoms with Crippen molar-refractivity contribution >= 4 is 21.8 Å². The molecule has 0 heterocycles. The first-order valence-electron chi connectivity index (χ1n) is 6.72. The maximum Gasteiger partial charge on any atom is 0.282 e. The summed E-state index contributed by atoms with van der Waals surface area (Å²) in [6.07, 6.45) is 5.37. The predicted molar refractivity (Wildman–Crippen MR) is 76.1 cm³/mol. The van der Waals surface area contributed by atoms with Crippen LogP contribution in [0.25, 0.3) is 0 Å². The Labute approximate surface area is 116 Å². The first-order chi connectivity index (χ1) is 8.41. The second-order valence-electron chi connectivity index (χ2n) is 5.21. The van der Waals surface area contributed by atoms with Crippen molar-refractivity contribution in [3.63, 3.8) is 0 Å². The zero-order valence-corrected chi connectivity index (χ0v) is 13.2. The van der Waals surface area contributed by atoms with Crippen LogP contribution < -0.4 is 0 Å². The fourth-order valence-electron chi connectivity index (χ4n) is 2.37. The number of rotatable bonds is 6. The summed E-state index contributed by atoms with van der Waals surface area (Å²) in [4.78, 5) is 0. The highest BCUT2D eigenvalue weighted by molar-refractivity contribution is 7.86. The Morgan fingerprint density at radius 3 is 2.22 bits per heavy atom. The molecule has 108 valence electrons. The van der Waals surface area contributed by atoms with Crippen LogP contribution in [0.3, 0.4) is 0 Å². The predicted octanol–water partition coefficient (Wildman–Crippen LogP) is 2.44. The van der Waals surface area contributed by atoms with E-state index < -0.39 is 10.2 Å². The van der Waals surface area contributed by atoms with Gasteiger partial charge in [-0.25, -0.2) is 0 Å². The minimum atomic E-state index is -3.38. The van der Waals surface area contributed by atoms with Crippen molar-refractivity contribution in [1.29, 1.82) is 0 Å². The summed E-state index contributed by atoms with van der Waals surface area (Å²) in [5, 5.41) is 0. The van der Waals surface area contributed by atoms with Crippen LogP contribution >= 0.6 is 11.6 Å². The molecule has 0 aromatic carbocycles. The van der Waals surface area contributed by atoms with Crippen LogP contribution in [0.5, 0.6) is 0 Å². The number of nitrogens with zero attached hydrogens (tertiary/aromatic N) is 2. The van der Waals surface area contributed by atoms with Crippen LogP contribution in [0.4, 0.5) is 0 Å². The zero-order valence-electron chi connectivity index (χ0n) is 11.6. The normalized spacial score (nSPS) is 19.1. The second-order valence-corrected chi connectivity index (χ2v) is 7.53. The molecule has 0 aromatic rings. The maximum atomic E-state index is 12.6. The molecule has 1 fully saturated rings. The number of hydrogen-bond acceptors (Lipinski definition) is 2. The van der Waals surface area contributed by atoms with Crippen LogP contribution in [0, 0.1) is 0 Å². The number of hydrogen-bond donors (Lipinski definition) is 0. The van der Waals surface area contributed by atoms with E-state index in [2.05, 4.69) is 0 Å². The van der Waals surface area contributed by atoms with E-state index in [0.717, 1.165) is 25.7 Å². The van der Waals surface area contributed by atoms with E-state index >= 15 is 0 Å². The van der Waals surface area contributed by atoms with Crippen LogP contribution in [0.1, 0.15) is 46.0 Å². The Morgan fingerprint density at radius 1 is 1.22 bits per heavy atom. The van der Waals surface area contributed by atoms with Gasteiger partial charge in [0.1, 0.15) is 0 Å². The van der Waals surface area contributed by atoms with Gasteiger partial charge in [-0.3, -0.25) is 0 Å². The van der Waals surface area contributed by atoms with Crippen molar-refractivity contribution in [2.24, 2.45) is 0 Å². The molecular weight excluding hydrogens is 272 g/mol. The Balaban J connectivity index is 2.88. The van der Waals surface area contributed by atoms with E-state index in [0.29, 0.717) is 12.4 Å². The average Bonchev–Trinajstić information content (AvgIpc) is 2.35. The molecule has 0 radical (unpaired) electrons. The molecule has 1 saturated carbocycles. The van der Waals surface area contributed by atoms with Crippen molar-refractivity contribution in [1.82, 2.24) is 8.61 Å². The molecule has 1 rings (SSSR count). The largest absolute Gasteiger partial charge is 0.282 e. The van der Waals surface area contributed by atoms with Gasteiger partial charge in [-0.1, -0.05) is 19.3 Å². The second kappa shape index (κ2) is 7.08. The fourth-order valence-corrected chi connectivity index (χ4v) is 4.43. The molecular formula is C12H25ClN2O2S. The van der Waals surface area contributed by atoms with Crippen LogP contribution in [0.2, 0.25) is 0 Å². The minimum absolute atomic E-state index is 0.0311. The van der Waals surface area contributed by atoms with Gasteiger partial charge in [0.2, 0.25) is 0 Å². The van der Waals surface area contributed by atoms with Crippen molar-refractivity contribution in [2.75, 3.05) is 19.5 Å². The van der Waals surface area contributed by atoms with Gasteiger partial charge in [0, 0.05) is 31.6 Å². The number of halogens is 1. The summed E-state index contributed by atoms with van der Waals surface area (Å²) < 4.78 is 28.2. The highest BCUT2D eigenvalue weighted by Gasteiger charge is 2.34. The zero-order chi connectivity index (χ0) is 13.8. The minimum Gasteiger partial charge on any atom is -0.195 e. The van der Waals surface area contributed by atoms with Crippen molar-refractivity contribution in [2.45, 2.75) is 58.0 Å². The molecule has 1 aliphatic carbocycles. The van der Waals surface area contributed by atoms with Crippen LogP contribution in [0.15, 0.2) is 0 Å². The van der Waals surface area contributed by atoms with Crippen LogP contribution in [-0.4, -0.2) is 48.6 Å². The van der Waals surface area contributed by atoms with Gasteiger partial charge in [-0.15, -0.1) is 11.6 Å². The molecule has 0 bridgehead atoms. The molecule has 0 aromatic heterocycles. The third-order valence-corrected chi connectivity index (χ3v) is 6.07. The molecule has 0 atom stereocenters. The smallest absolute Gasteiger partial charge is 0.195 e. The molecule has 0 saturated heterocycles. The van der Waals surface area contributed by atoms with Crippen molar-refractivity contribution < 1.29 is 8.42 Å². The highest BCUT2D eigenvalue weighted by atomic mass is 35.5. The maximum absolute atomic E-state index is 12.6. The summed E-state index contributed by atoms with van der Waals surface area (Å²) in [6.45, 7) is 4.18. The third-order valence-electron chi connectivity index (χ3n) is 3.67. The first kappa shape index (κ1) is 16.2. The molecule has 0 N–H and O–H groups in total. The van der Waals surface area contributed by atoms with E-state index in [4.69, 9.17) is 11.6 Å². The van der Waals surface area contributed by atoms with Gasteiger partial charge in [-0.2, -0.15) is 17.0 Å². The Bertz CT molecular complexity index is 340. The van der Waals surface area contributed by atoms with E-state index in [1.807, 2.05) is 13.8 Å². The monoisotopic (exact) mass is 296 g/mol. The Kier molecular flexibility index (Phi) is 6.38. The molecule has 6 heteroatoms. The Morgan fingerprint density at radius 2 is 1.78 bits per heavy atom. The van der Waals surface area contributed by atoms with Gasteiger partial charge in [-0.05, 0) is 26.7 Å². The lowest BCUT2D eigenvalue weighted by atomic mass is 9.95. The third kappa shape index (κ3) is 3.83. The van der Waals surface area contributed by atoms with Gasteiger partial charge in [0.05, 0.1) is 0 Å². The summed E-state index contributed by atoms with van der Waals surface area (Å²) >= 11 is 5.78. The first-order valence-corrected chi connectivity index (χ1v) is 8.65. The lowest BCUT2D eigenvalue weighted by molar-refractivity contribution is 0.241. The molecule has 0 unspecified atom stereocenters. The summed E-state index contributed by atoms with van der Waals surface area (Å²) in [5.41, 5.74) is 0. The Hall–Kier alpha value is 0.160. The quantitative estimate of drug-likeness (QED) is 0.707. The molecule has 0 amide bonds. The van der Waals surface area contributed by atoms with Crippen molar-refractivity contribution in [3.05, 3.63) is 0 Å². The average molecular weight is 297 g/mol. The standard InChI is InChI=1S/C12H25ClN2O2S/c1-11(2)14(3)18(16,17)15(10-9-13)12-7-5-4-6-8-12/h11-12H,4-10H2,1-3H3. The molecule has 1 aliphatic rings. The molecule has 4 nitrogen and oxygen atoms in total. The SMILES string of the molecule is CC(C)N(C)S(=O)(=O)N(CCCl)C1CCCCC1. The van der Waals surface area contributed by atoms with Gasteiger partial charge >= 0.3 is 0 Å². The van der Waals surface area contributed by atoms with Gasteiger partial charge in [0.15, 0.2) is 0 Å². The fraction of sp³-hybridized carbons (Fsp3) is 1.00. The van der Waals surface area contributed by atoms with E-state index in [1.54, 1.807) is 11.4 Å². The van der Waals surface area contributed by atoms with Gasteiger partial charge < -0.3 is 0 Å². The van der Waals surface area contributed by atoms with E-state index in [9.17, 15) is 8.42 Å². The van der Waals surface area contributed by atoms with Crippen molar-refractivity contribution in [3.8, 4) is 0 Å². The topological polar surface area (TPSA) is 40.6 Å². The van der Waals surface area contributed by atoms with E-state index in [1.165, 1.54) is 10.7 Å².